The predicted octanol–water partition coefficient (Wildman–Crippen LogP) is 1.99. The van der Waals surface area contributed by atoms with E-state index in [1.165, 1.54) is 0 Å². The molecule has 0 spiro atoms. The quantitative estimate of drug-likeness (QED) is 0.483. The SMILES string of the molecule is CC1(C)OB(c2c(N)cc(F)c(F)c2F)OC1(C)C. The van der Waals surface area contributed by atoms with Gasteiger partial charge in [-0.15, -0.1) is 0 Å². The van der Waals surface area contributed by atoms with Gasteiger partial charge in [-0.25, -0.2) is 13.2 Å². The Bertz CT molecular complexity index is 518. The number of hydrogen-bond acceptors (Lipinski definition) is 3. The van der Waals surface area contributed by atoms with Gasteiger partial charge in [-0.3, -0.25) is 0 Å². The zero-order chi connectivity index (χ0) is 14.6. The lowest BCUT2D eigenvalue weighted by Gasteiger charge is -2.32. The minimum absolute atomic E-state index is 0.241. The van der Waals surface area contributed by atoms with E-state index in [-0.39, 0.29) is 11.2 Å². The van der Waals surface area contributed by atoms with Crippen molar-refractivity contribution in [2.45, 2.75) is 38.9 Å². The molecule has 2 rings (SSSR count). The molecule has 0 atom stereocenters. The summed E-state index contributed by atoms with van der Waals surface area (Å²) in [5.74, 6) is -4.30. The third-order valence-corrected chi connectivity index (χ3v) is 3.72. The van der Waals surface area contributed by atoms with Crippen LogP contribution < -0.4 is 11.2 Å². The number of anilines is 1. The second-order valence-electron chi connectivity index (χ2n) is 5.58. The standard InChI is InChI=1S/C12H15BF3NO2/c1-11(2)12(3,4)19-13(18-11)8-7(17)5-6(14)9(15)10(8)16/h5H,17H2,1-4H3. The molecule has 0 bridgehead atoms. The molecule has 1 aromatic rings. The van der Waals surface area contributed by atoms with Gasteiger partial charge >= 0.3 is 7.12 Å². The number of halogens is 3. The molecule has 19 heavy (non-hydrogen) atoms. The highest BCUT2D eigenvalue weighted by molar-refractivity contribution is 6.64. The summed E-state index contributed by atoms with van der Waals surface area (Å²) in [4.78, 5) is 0. The molecule has 0 aromatic heterocycles. The molecule has 3 nitrogen and oxygen atoms in total. The first kappa shape index (κ1) is 14.2. The summed E-state index contributed by atoms with van der Waals surface area (Å²) in [5, 5.41) is 0. The van der Waals surface area contributed by atoms with Gasteiger partial charge in [-0.05, 0) is 33.8 Å². The summed E-state index contributed by atoms with van der Waals surface area (Å²) in [6.45, 7) is 7.06. The van der Waals surface area contributed by atoms with Gasteiger partial charge in [0, 0.05) is 11.2 Å². The average molecular weight is 273 g/mol. The molecule has 1 aliphatic rings. The monoisotopic (exact) mass is 273 g/mol. The topological polar surface area (TPSA) is 44.5 Å². The average Bonchev–Trinajstić information content (AvgIpc) is 2.44. The van der Waals surface area contributed by atoms with Gasteiger partial charge in [0.1, 0.15) is 0 Å². The lowest BCUT2D eigenvalue weighted by molar-refractivity contribution is 0.00578. The molecule has 1 fully saturated rings. The van der Waals surface area contributed by atoms with Crippen LogP contribution in [-0.4, -0.2) is 18.3 Å². The maximum absolute atomic E-state index is 13.8. The molecule has 1 aromatic carbocycles. The summed E-state index contributed by atoms with van der Waals surface area (Å²) in [7, 11) is -1.17. The lowest BCUT2D eigenvalue weighted by Crippen LogP contribution is -2.41. The van der Waals surface area contributed by atoms with Crippen molar-refractivity contribution in [2.75, 3.05) is 5.73 Å². The molecule has 7 heteroatoms. The van der Waals surface area contributed by atoms with Gasteiger partial charge in [0.05, 0.1) is 11.2 Å². The van der Waals surface area contributed by atoms with Crippen molar-refractivity contribution in [3.8, 4) is 0 Å². The number of hydrogen-bond donors (Lipinski definition) is 1. The third-order valence-electron chi connectivity index (χ3n) is 3.72. The van der Waals surface area contributed by atoms with Crippen molar-refractivity contribution in [2.24, 2.45) is 0 Å². The van der Waals surface area contributed by atoms with Crippen molar-refractivity contribution in [3.63, 3.8) is 0 Å². The fourth-order valence-corrected chi connectivity index (χ4v) is 1.83. The van der Waals surface area contributed by atoms with Gasteiger partial charge in [-0.1, -0.05) is 0 Å². The number of rotatable bonds is 1. The normalized spacial score (nSPS) is 20.9. The zero-order valence-electron chi connectivity index (χ0n) is 11.2. The van der Waals surface area contributed by atoms with Crippen molar-refractivity contribution in [1.82, 2.24) is 0 Å². The Hall–Kier alpha value is -1.21. The van der Waals surface area contributed by atoms with Crippen LogP contribution in [0.2, 0.25) is 0 Å². The maximum Gasteiger partial charge on any atom is 0.500 e. The number of nitrogens with two attached hydrogens (primary N) is 1. The van der Waals surface area contributed by atoms with E-state index in [1.54, 1.807) is 27.7 Å². The minimum atomic E-state index is -1.58. The van der Waals surface area contributed by atoms with Crippen molar-refractivity contribution in [3.05, 3.63) is 23.5 Å². The van der Waals surface area contributed by atoms with E-state index in [1.807, 2.05) is 0 Å². The Morgan fingerprint density at radius 2 is 1.47 bits per heavy atom. The van der Waals surface area contributed by atoms with E-state index in [9.17, 15) is 13.2 Å². The molecule has 0 unspecified atom stereocenters. The second-order valence-corrected chi connectivity index (χ2v) is 5.58. The van der Waals surface area contributed by atoms with Crippen LogP contribution in [0, 0.1) is 17.5 Å². The molecule has 2 N–H and O–H groups in total. The molecule has 0 radical (unpaired) electrons. The Morgan fingerprint density at radius 3 is 1.95 bits per heavy atom. The highest BCUT2D eigenvalue weighted by atomic mass is 19.2. The Balaban J connectivity index is 2.49. The van der Waals surface area contributed by atoms with E-state index in [2.05, 4.69) is 0 Å². The van der Waals surface area contributed by atoms with Crippen LogP contribution in [-0.2, 0) is 9.31 Å². The first-order valence-electron chi connectivity index (χ1n) is 5.85. The van der Waals surface area contributed by atoms with E-state index >= 15 is 0 Å². The fraction of sp³-hybridized carbons (Fsp3) is 0.500. The predicted molar refractivity (Wildman–Crippen MR) is 66.4 cm³/mol. The van der Waals surface area contributed by atoms with E-state index in [4.69, 9.17) is 15.0 Å². The van der Waals surface area contributed by atoms with Crippen molar-refractivity contribution < 1.29 is 22.5 Å². The van der Waals surface area contributed by atoms with E-state index in [0.29, 0.717) is 0 Å². The van der Waals surface area contributed by atoms with Crippen LogP contribution in [0.15, 0.2) is 6.07 Å². The molecular weight excluding hydrogens is 258 g/mol. The van der Waals surface area contributed by atoms with Crippen LogP contribution in [0.3, 0.4) is 0 Å². The van der Waals surface area contributed by atoms with Gasteiger partial charge in [0.2, 0.25) is 0 Å². The van der Waals surface area contributed by atoms with Gasteiger partial charge < -0.3 is 15.0 Å². The van der Waals surface area contributed by atoms with E-state index in [0.717, 1.165) is 6.07 Å². The molecule has 1 saturated heterocycles. The first-order chi connectivity index (χ1) is 8.57. The third kappa shape index (κ3) is 2.10. The minimum Gasteiger partial charge on any atom is -0.399 e. The Labute approximate surface area is 110 Å². The zero-order valence-corrected chi connectivity index (χ0v) is 11.2. The van der Waals surface area contributed by atoms with Crippen LogP contribution in [0.25, 0.3) is 0 Å². The molecule has 0 saturated carbocycles. The second kappa shape index (κ2) is 4.14. The van der Waals surface area contributed by atoms with Crippen LogP contribution in [0.4, 0.5) is 18.9 Å². The van der Waals surface area contributed by atoms with E-state index < -0.39 is 35.8 Å². The smallest absolute Gasteiger partial charge is 0.399 e. The van der Waals surface area contributed by atoms with Crippen molar-refractivity contribution in [1.29, 1.82) is 0 Å². The summed E-state index contributed by atoms with van der Waals surface area (Å²) in [6, 6.07) is 0.721. The molecule has 1 aliphatic heterocycles. The highest BCUT2D eigenvalue weighted by Gasteiger charge is 2.53. The summed E-state index contributed by atoms with van der Waals surface area (Å²) < 4.78 is 51.3. The number of benzene rings is 1. The lowest BCUT2D eigenvalue weighted by atomic mass is 9.77. The van der Waals surface area contributed by atoms with Gasteiger partial charge in [-0.2, -0.15) is 0 Å². The van der Waals surface area contributed by atoms with Gasteiger partial charge in [0.15, 0.2) is 17.5 Å². The molecule has 0 amide bonds. The van der Waals surface area contributed by atoms with Gasteiger partial charge in [0.25, 0.3) is 0 Å². The summed E-state index contributed by atoms with van der Waals surface area (Å²) in [5.41, 5.74) is 3.55. The maximum atomic E-state index is 13.8. The van der Waals surface area contributed by atoms with Crippen LogP contribution >= 0.6 is 0 Å². The van der Waals surface area contributed by atoms with Crippen LogP contribution in [0.1, 0.15) is 27.7 Å². The van der Waals surface area contributed by atoms with Crippen LogP contribution in [0.5, 0.6) is 0 Å². The molecule has 104 valence electrons. The Kier molecular flexibility index (Phi) is 3.10. The first-order valence-corrected chi connectivity index (χ1v) is 5.85. The highest BCUT2D eigenvalue weighted by Crippen LogP contribution is 2.37. The summed E-state index contributed by atoms with van der Waals surface area (Å²) in [6.07, 6.45) is 0. The largest absolute Gasteiger partial charge is 0.500 e. The molecule has 1 heterocycles. The Morgan fingerprint density at radius 1 is 1.00 bits per heavy atom. The number of nitrogen functional groups attached to an aromatic ring is 1. The fourth-order valence-electron chi connectivity index (χ4n) is 1.83. The molecular formula is C12H15BF3NO2. The van der Waals surface area contributed by atoms with Crippen molar-refractivity contribution >= 4 is 18.3 Å². The molecule has 0 aliphatic carbocycles. The summed E-state index contributed by atoms with van der Waals surface area (Å²) >= 11 is 0.